The van der Waals surface area contributed by atoms with Gasteiger partial charge in [-0.15, -0.1) is 11.3 Å². The first-order valence-corrected chi connectivity index (χ1v) is 9.85. The van der Waals surface area contributed by atoms with Gasteiger partial charge in [-0.05, 0) is 45.3 Å². The Morgan fingerprint density at radius 1 is 1.24 bits per heavy atom. The highest BCUT2D eigenvalue weighted by atomic mass is 32.1. The minimum absolute atomic E-state index is 0.265. The zero-order valence-electron chi connectivity index (χ0n) is 15.2. The number of carbonyl (C=O) groups excluding carboxylic acids is 1. The van der Waals surface area contributed by atoms with Crippen molar-refractivity contribution in [2.45, 2.75) is 33.6 Å². The predicted octanol–water partition coefficient (Wildman–Crippen LogP) is 3.10. The lowest BCUT2D eigenvalue weighted by Gasteiger charge is -2.23. The molecule has 1 aliphatic heterocycles. The maximum absolute atomic E-state index is 12.2. The van der Waals surface area contributed by atoms with Gasteiger partial charge in [-0.1, -0.05) is 6.92 Å². The van der Waals surface area contributed by atoms with E-state index in [1.54, 1.807) is 6.33 Å². The molecule has 0 spiro atoms. The van der Waals surface area contributed by atoms with Crippen LogP contribution in [-0.2, 0) is 4.74 Å². The number of nitrogens with zero attached hydrogens (tertiary/aromatic N) is 4. The van der Waals surface area contributed by atoms with E-state index in [0.29, 0.717) is 11.5 Å². The van der Waals surface area contributed by atoms with Crippen molar-refractivity contribution in [3.63, 3.8) is 0 Å². The number of hydrogen-bond acceptors (Lipinski definition) is 7. The summed E-state index contributed by atoms with van der Waals surface area (Å²) in [6.45, 7) is 11.7. The van der Waals surface area contributed by atoms with Gasteiger partial charge in [-0.2, -0.15) is 0 Å². The van der Waals surface area contributed by atoms with Crippen LogP contribution in [0.4, 0.5) is 5.82 Å². The van der Waals surface area contributed by atoms with Crippen LogP contribution in [0.3, 0.4) is 0 Å². The van der Waals surface area contributed by atoms with Crippen LogP contribution < -0.4 is 4.90 Å². The molecule has 1 fully saturated rings. The molecule has 6 nitrogen and oxygen atoms in total. The van der Waals surface area contributed by atoms with E-state index in [0.717, 1.165) is 60.7 Å². The van der Waals surface area contributed by atoms with E-state index in [9.17, 15) is 4.79 Å². The highest BCUT2D eigenvalue weighted by Gasteiger charge is 2.23. The minimum atomic E-state index is -0.265. The molecule has 0 bridgehead atoms. The Labute approximate surface area is 152 Å². The molecule has 2 aromatic rings. The molecule has 0 radical (unpaired) electrons. The molecule has 2 aromatic heterocycles. The van der Waals surface area contributed by atoms with Crippen molar-refractivity contribution >= 4 is 33.3 Å². The van der Waals surface area contributed by atoms with E-state index in [-0.39, 0.29) is 5.97 Å². The number of carbonyl (C=O) groups is 1. The summed E-state index contributed by atoms with van der Waals surface area (Å²) >= 11 is 1.40. The van der Waals surface area contributed by atoms with Crippen LogP contribution >= 0.6 is 11.3 Å². The second-order valence-electron chi connectivity index (χ2n) is 6.34. The fraction of sp³-hybridized carbons (Fsp3) is 0.611. The van der Waals surface area contributed by atoms with Crippen LogP contribution in [0.15, 0.2) is 6.33 Å². The first-order chi connectivity index (χ1) is 12.2. The van der Waals surface area contributed by atoms with Crippen LogP contribution in [0, 0.1) is 6.92 Å². The highest BCUT2D eigenvalue weighted by Crippen LogP contribution is 2.35. The van der Waals surface area contributed by atoms with E-state index >= 15 is 0 Å². The van der Waals surface area contributed by atoms with E-state index in [1.165, 1.54) is 17.8 Å². The zero-order chi connectivity index (χ0) is 17.8. The van der Waals surface area contributed by atoms with Gasteiger partial charge in [0.15, 0.2) is 0 Å². The molecule has 3 heterocycles. The van der Waals surface area contributed by atoms with Gasteiger partial charge in [-0.25, -0.2) is 14.8 Å². The number of hydrogen-bond donors (Lipinski definition) is 0. The van der Waals surface area contributed by atoms with Crippen molar-refractivity contribution in [1.82, 2.24) is 14.9 Å². The molecule has 0 unspecified atom stereocenters. The monoisotopic (exact) mass is 362 g/mol. The van der Waals surface area contributed by atoms with Crippen LogP contribution in [0.2, 0.25) is 0 Å². The summed E-state index contributed by atoms with van der Waals surface area (Å²) < 4.78 is 5.19. The van der Waals surface area contributed by atoms with E-state index < -0.39 is 0 Å². The van der Waals surface area contributed by atoms with Gasteiger partial charge in [-0.3, -0.25) is 0 Å². The lowest BCUT2D eigenvalue weighted by molar-refractivity contribution is 0.0531. The van der Waals surface area contributed by atoms with Crippen molar-refractivity contribution in [2.24, 2.45) is 0 Å². The van der Waals surface area contributed by atoms with Crippen LogP contribution in [-0.4, -0.2) is 60.2 Å². The third kappa shape index (κ3) is 3.77. The maximum atomic E-state index is 12.2. The summed E-state index contributed by atoms with van der Waals surface area (Å²) in [5.41, 5.74) is 0.934. The zero-order valence-corrected chi connectivity index (χ0v) is 16.1. The Hall–Kier alpha value is -1.73. The Bertz CT molecular complexity index is 746. The van der Waals surface area contributed by atoms with Crippen molar-refractivity contribution < 1.29 is 9.53 Å². The van der Waals surface area contributed by atoms with Gasteiger partial charge in [0.1, 0.15) is 21.9 Å². The van der Waals surface area contributed by atoms with Gasteiger partial charge in [0.05, 0.1) is 12.0 Å². The lowest BCUT2D eigenvalue weighted by atomic mass is 10.2. The second-order valence-corrected chi connectivity index (χ2v) is 7.34. The van der Waals surface area contributed by atoms with Gasteiger partial charge in [0.25, 0.3) is 0 Å². The summed E-state index contributed by atoms with van der Waals surface area (Å²) in [5.74, 6) is 0.687. The molecule has 0 amide bonds. The maximum Gasteiger partial charge on any atom is 0.348 e. The smallest absolute Gasteiger partial charge is 0.348 e. The number of anilines is 1. The average molecular weight is 362 g/mol. The molecule has 0 atom stereocenters. The Morgan fingerprint density at radius 2 is 2.08 bits per heavy atom. The largest absolute Gasteiger partial charge is 0.462 e. The number of ether oxygens (including phenoxy) is 1. The molecule has 0 aromatic carbocycles. The van der Waals surface area contributed by atoms with Gasteiger partial charge < -0.3 is 14.5 Å². The number of aryl methyl sites for hydroxylation is 1. The molecular weight excluding hydrogens is 336 g/mol. The Kier molecular flexibility index (Phi) is 5.86. The quantitative estimate of drug-likeness (QED) is 0.762. The van der Waals surface area contributed by atoms with Crippen LogP contribution in [0.5, 0.6) is 0 Å². The standard InChI is InChI=1S/C18H26N4O2S/c1-4-7-21-8-6-9-22(11-10-21)16-14-13(3)15(18(23)24-5-2)25-17(14)20-12-19-16/h12H,4-11H2,1-3H3. The molecule has 0 saturated carbocycles. The van der Waals surface area contributed by atoms with Gasteiger partial charge in [0, 0.05) is 19.6 Å². The summed E-state index contributed by atoms with van der Waals surface area (Å²) in [6.07, 6.45) is 3.92. The first kappa shape index (κ1) is 18.1. The number of thiophene rings is 1. The number of rotatable bonds is 5. The first-order valence-electron chi connectivity index (χ1n) is 9.04. The van der Waals surface area contributed by atoms with Crippen molar-refractivity contribution in [2.75, 3.05) is 44.2 Å². The fourth-order valence-corrected chi connectivity index (χ4v) is 4.44. The summed E-state index contributed by atoms with van der Waals surface area (Å²) in [6, 6.07) is 0. The molecule has 0 N–H and O–H groups in total. The molecule has 1 saturated heterocycles. The fourth-order valence-electron chi connectivity index (χ4n) is 3.41. The van der Waals surface area contributed by atoms with Crippen LogP contribution in [0.1, 0.15) is 41.9 Å². The molecule has 7 heteroatoms. The van der Waals surface area contributed by atoms with Crippen molar-refractivity contribution in [3.05, 3.63) is 16.8 Å². The Morgan fingerprint density at radius 3 is 2.84 bits per heavy atom. The number of aromatic nitrogens is 2. The minimum Gasteiger partial charge on any atom is -0.462 e. The van der Waals surface area contributed by atoms with Gasteiger partial charge >= 0.3 is 5.97 Å². The topological polar surface area (TPSA) is 58.6 Å². The average Bonchev–Trinajstić information content (AvgIpc) is 2.79. The highest BCUT2D eigenvalue weighted by molar-refractivity contribution is 7.20. The van der Waals surface area contributed by atoms with Gasteiger partial charge in [0.2, 0.25) is 0 Å². The van der Waals surface area contributed by atoms with Crippen LogP contribution in [0.25, 0.3) is 10.2 Å². The predicted molar refractivity (Wildman–Crippen MR) is 102 cm³/mol. The van der Waals surface area contributed by atoms with Crippen molar-refractivity contribution in [3.8, 4) is 0 Å². The molecule has 136 valence electrons. The molecule has 25 heavy (non-hydrogen) atoms. The van der Waals surface area contributed by atoms with E-state index in [2.05, 4.69) is 26.7 Å². The summed E-state index contributed by atoms with van der Waals surface area (Å²) in [7, 11) is 0. The van der Waals surface area contributed by atoms with E-state index in [4.69, 9.17) is 4.74 Å². The molecule has 1 aliphatic rings. The summed E-state index contributed by atoms with van der Waals surface area (Å²) in [5, 5.41) is 1.000. The normalized spacial score (nSPS) is 16.2. The second kappa shape index (κ2) is 8.10. The third-order valence-electron chi connectivity index (χ3n) is 4.60. The SMILES string of the molecule is CCCN1CCCN(c2ncnc3sc(C(=O)OCC)c(C)c23)CC1. The van der Waals surface area contributed by atoms with E-state index in [1.807, 2.05) is 13.8 Å². The number of fused-ring (bicyclic) bond motifs is 1. The molecule has 0 aliphatic carbocycles. The number of esters is 1. The Balaban J connectivity index is 1.92. The summed E-state index contributed by atoms with van der Waals surface area (Å²) in [4.78, 5) is 27.5. The molecular formula is C18H26N4O2S. The molecule has 3 rings (SSSR count). The third-order valence-corrected chi connectivity index (χ3v) is 5.78. The van der Waals surface area contributed by atoms with Crippen molar-refractivity contribution in [1.29, 1.82) is 0 Å². The lowest BCUT2D eigenvalue weighted by Crippen LogP contribution is -2.31.